The summed E-state index contributed by atoms with van der Waals surface area (Å²) >= 11 is 3.35. The maximum absolute atomic E-state index is 6.19. The van der Waals surface area contributed by atoms with Crippen LogP contribution in [0.2, 0.25) is 0 Å². The van der Waals surface area contributed by atoms with Gasteiger partial charge in [-0.25, -0.2) is 0 Å². The molecule has 2 aromatic heterocycles. The van der Waals surface area contributed by atoms with Crippen LogP contribution in [0.5, 0.6) is 5.75 Å². The van der Waals surface area contributed by atoms with E-state index < -0.39 is 0 Å². The molecule has 2 rings (SSSR count). The molecule has 0 saturated carbocycles. The summed E-state index contributed by atoms with van der Waals surface area (Å²) in [5.74, 6) is 0.722. The number of nitrogens with zero attached hydrogens (tertiary/aromatic N) is 2. The van der Waals surface area contributed by atoms with Gasteiger partial charge in [-0.05, 0) is 53.5 Å². The lowest BCUT2D eigenvalue weighted by molar-refractivity contribution is 0.241. The summed E-state index contributed by atoms with van der Waals surface area (Å²) in [5, 5.41) is 0. The van der Waals surface area contributed by atoms with E-state index in [2.05, 4.69) is 25.9 Å². The second-order valence-corrected chi connectivity index (χ2v) is 5.42. The van der Waals surface area contributed by atoms with Gasteiger partial charge in [-0.3, -0.25) is 9.97 Å². The molecule has 0 radical (unpaired) electrons. The first kappa shape index (κ1) is 14.0. The van der Waals surface area contributed by atoms with Crippen molar-refractivity contribution in [1.29, 1.82) is 0 Å². The van der Waals surface area contributed by atoms with Crippen LogP contribution in [-0.2, 0) is 0 Å². The van der Waals surface area contributed by atoms with Crippen LogP contribution in [0.25, 0.3) is 0 Å². The predicted molar refractivity (Wildman–Crippen MR) is 78.0 cm³/mol. The highest BCUT2D eigenvalue weighted by Gasteiger charge is 2.12. The van der Waals surface area contributed by atoms with Gasteiger partial charge in [0.25, 0.3) is 0 Å². The Labute approximate surface area is 121 Å². The molecule has 0 aliphatic rings. The predicted octanol–water partition coefficient (Wildman–Crippen LogP) is 3.07. The van der Waals surface area contributed by atoms with Crippen LogP contribution in [0.1, 0.15) is 31.1 Å². The van der Waals surface area contributed by atoms with Gasteiger partial charge in [0.2, 0.25) is 0 Å². The third kappa shape index (κ3) is 3.75. The van der Waals surface area contributed by atoms with Gasteiger partial charge in [-0.1, -0.05) is 0 Å². The number of hydrogen-bond acceptors (Lipinski definition) is 4. The zero-order valence-corrected chi connectivity index (χ0v) is 12.5. The molecular weight excluding hydrogens is 306 g/mol. The number of rotatable bonds is 4. The van der Waals surface area contributed by atoms with Gasteiger partial charge in [0.1, 0.15) is 5.75 Å². The van der Waals surface area contributed by atoms with Crippen molar-refractivity contribution in [2.24, 2.45) is 5.73 Å². The maximum atomic E-state index is 6.19. The number of nitrogens with two attached hydrogens (primary N) is 1. The van der Waals surface area contributed by atoms with Crippen LogP contribution in [0, 0.1) is 0 Å². The molecule has 5 heteroatoms. The standard InChI is InChI=1S/C14H16BrN3O/c1-9(2)19-12-5-10(6-17-8-12)14(16)13-4-3-11(15)7-18-13/h3-9,14H,16H2,1-2H3. The molecule has 2 heterocycles. The lowest BCUT2D eigenvalue weighted by atomic mass is 10.1. The molecule has 2 aromatic rings. The first-order chi connectivity index (χ1) is 9.06. The summed E-state index contributed by atoms with van der Waals surface area (Å²) in [6.45, 7) is 3.95. The van der Waals surface area contributed by atoms with E-state index in [4.69, 9.17) is 10.5 Å². The molecule has 4 nitrogen and oxygen atoms in total. The molecular formula is C14H16BrN3O. The summed E-state index contributed by atoms with van der Waals surface area (Å²) in [4.78, 5) is 8.46. The minimum Gasteiger partial charge on any atom is -0.489 e. The molecule has 2 N–H and O–H groups in total. The molecule has 0 aliphatic heterocycles. The highest BCUT2D eigenvalue weighted by atomic mass is 79.9. The summed E-state index contributed by atoms with van der Waals surface area (Å²) < 4.78 is 6.54. The molecule has 1 atom stereocenters. The highest BCUT2D eigenvalue weighted by Crippen LogP contribution is 2.22. The molecule has 0 spiro atoms. The Hall–Kier alpha value is -1.46. The number of ether oxygens (including phenoxy) is 1. The van der Waals surface area contributed by atoms with Crippen LogP contribution in [0.15, 0.2) is 41.3 Å². The number of halogens is 1. The van der Waals surface area contributed by atoms with Crippen molar-refractivity contribution in [1.82, 2.24) is 9.97 Å². The Morgan fingerprint density at radius 2 is 2.00 bits per heavy atom. The first-order valence-electron chi connectivity index (χ1n) is 6.05. The Morgan fingerprint density at radius 3 is 2.63 bits per heavy atom. The van der Waals surface area contributed by atoms with Crippen molar-refractivity contribution in [3.05, 3.63) is 52.5 Å². The van der Waals surface area contributed by atoms with E-state index in [1.54, 1.807) is 18.6 Å². The lowest BCUT2D eigenvalue weighted by Gasteiger charge is -2.14. The van der Waals surface area contributed by atoms with Crippen molar-refractivity contribution in [3.8, 4) is 5.75 Å². The lowest BCUT2D eigenvalue weighted by Crippen LogP contribution is -2.14. The minimum absolute atomic E-state index is 0.110. The number of pyridine rings is 2. The van der Waals surface area contributed by atoms with Crippen molar-refractivity contribution in [3.63, 3.8) is 0 Å². The fraction of sp³-hybridized carbons (Fsp3) is 0.286. The van der Waals surface area contributed by atoms with E-state index in [9.17, 15) is 0 Å². The van der Waals surface area contributed by atoms with E-state index >= 15 is 0 Å². The topological polar surface area (TPSA) is 61.0 Å². The van der Waals surface area contributed by atoms with Gasteiger partial charge >= 0.3 is 0 Å². The van der Waals surface area contributed by atoms with Gasteiger partial charge in [-0.2, -0.15) is 0 Å². The van der Waals surface area contributed by atoms with E-state index in [1.807, 2.05) is 32.0 Å². The zero-order valence-electron chi connectivity index (χ0n) is 10.9. The second kappa shape index (κ2) is 6.12. The summed E-state index contributed by atoms with van der Waals surface area (Å²) in [5.41, 5.74) is 7.87. The van der Waals surface area contributed by atoms with Crippen molar-refractivity contribution in [2.75, 3.05) is 0 Å². The van der Waals surface area contributed by atoms with E-state index in [1.165, 1.54) is 0 Å². The van der Waals surface area contributed by atoms with E-state index in [0.717, 1.165) is 21.5 Å². The maximum Gasteiger partial charge on any atom is 0.138 e. The van der Waals surface area contributed by atoms with E-state index in [0.29, 0.717) is 0 Å². The van der Waals surface area contributed by atoms with Crippen molar-refractivity contribution >= 4 is 15.9 Å². The van der Waals surface area contributed by atoms with Gasteiger partial charge in [-0.15, -0.1) is 0 Å². The zero-order chi connectivity index (χ0) is 13.8. The van der Waals surface area contributed by atoms with Crippen LogP contribution < -0.4 is 10.5 Å². The molecule has 0 saturated heterocycles. The van der Waals surface area contributed by atoms with Crippen molar-refractivity contribution in [2.45, 2.75) is 26.0 Å². The number of aromatic nitrogens is 2. The van der Waals surface area contributed by atoms with Crippen molar-refractivity contribution < 1.29 is 4.74 Å². The Bertz CT molecular complexity index is 543. The fourth-order valence-corrected chi connectivity index (χ4v) is 1.92. The Balaban J connectivity index is 2.23. The van der Waals surface area contributed by atoms with Crippen LogP contribution in [0.3, 0.4) is 0 Å². The molecule has 0 fully saturated rings. The average molecular weight is 322 g/mol. The normalized spacial score (nSPS) is 12.5. The molecule has 100 valence electrons. The fourth-order valence-electron chi connectivity index (χ4n) is 1.68. The quantitative estimate of drug-likeness (QED) is 0.940. The Kier molecular flexibility index (Phi) is 4.50. The number of hydrogen-bond donors (Lipinski definition) is 1. The molecule has 0 aromatic carbocycles. The van der Waals surface area contributed by atoms with Crippen LogP contribution >= 0.6 is 15.9 Å². The molecule has 1 unspecified atom stereocenters. The van der Waals surface area contributed by atoms with Gasteiger partial charge < -0.3 is 10.5 Å². The first-order valence-corrected chi connectivity index (χ1v) is 6.84. The largest absolute Gasteiger partial charge is 0.489 e. The molecule has 0 aliphatic carbocycles. The molecule has 0 amide bonds. The third-order valence-electron chi connectivity index (χ3n) is 2.53. The third-order valence-corrected chi connectivity index (χ3v) is 3.00. The van der Waals surface area contributed by atoms with Gasteiger partial charge in [0.15, 0.2) is 0 Å². The summed E-state index contributed by atoms with van der Waals surface area (Å²) in [7, 11) is 0. The summed E-state index contributed by atoms with van der Waals surface area (Å²) in [6.07, 6.45) is 5.27. The average Bonchev–Trinajstić information content (AvgIpc) is 2.38. The van der Waals surface area contributed by atoms with E-state index in [-0.39, 0.29) is 12.1 Å². The summed E-state index contributed by atoms with van der Waals surface area (Å²) in [6, 6.07) is 5.41. The second-order valence-electron chi connectivity index (χ2n) is 4.50. The van der Waals surface area contributed by atoms with Gasteiger partial charge in [0.05, 0.1) is 24.0 Å². The van der Waals surface area contributed by atoms with Crippen LogP contribution in [-0.4, -0.2) is 16.1 Å². The molecule has 19 heavy (non-hydrogen) atoms. The smallest absolute Gasteiger partial charge is 0.138 e. The highest BCUT2D eigenvalue weighted by molar-refractivity contribution is 9.10. The monoisotopic (exact) mass is 321 g/mol. The Morgan fingerprint density at radius 1 is 1.21 bits per heavy atom. The molecule has 0 bridgehead atoms. The van der Waals surface area contributed by atoms with Crippen LogP contribution in [0.4, 0.5) is 0 Å². The SMILES string of the molecule is CC(C)Oc1cncc(C(N)c2ccc(Br)cn2)c1. The minimum atomic E-state index is -0.309. The van der Waals surface area contributed by atoms with Gasteiger partial charge in [0, 0.05) is 16.9 Å².